The zero-order valence-electron chi connectivity index (χ0n) is 14.4. The number of hydrogen-bond donors (Lipinski definition) is 0. The van der Waals surface area contributed by atoms with Gasteiger partial charge < -0.3 is 14.4 Å². The third kappa shape index (κ3) is 2.96. The van der Waals surface area contributed by atoms with Gasteiger partial charge in [-0.25, -0.2) is 0 Å². The second-order valence-corrected chi connectivity index (χ2v) is 6.11. The molecule has 1 fully saturated rings. The van der Waals surface area contributed by atoms with Crippen molar-refractivity contribution in [1.82, 2.24) is 4.90 Å². The maximum Gasteiger partial charge on any atom is 0.254 e. The maximum absolute atomic E-state index is 12.9. The third-order valence-corrected chi connectivity index (χ3v) is 4.87. The van der Waals surface area contributed by atoms with Crippen LogP contribution in [0, 0.1) is 0 Å². The molecule has 4 heteroatoms. The summed E-state index contributed by atoms with van der Waals surface area (Å²) in [7, 11) is 3.17. The van der Waals surface area contributed by atoms with Crippen molar-refractivity contribution < 1.29 is 14.3 Å². The Morgan fingerprint density at radius 2 is 1.75 bits per heavy atom. The average Bonchev–Trinajstić information content (AvgIpc) is 3.02. The van der Waals surface area contributed by atoms with Crippen LogP contribution in [-0.2, 0) is 0 Å². The second kappa shape index (κ2) is 6.95. The molecule has 0 bridgehead atoms. The predicted octanol–water partition coefficient (Wildman–Crippen LogP) is 3.72. The molecule has 1 aliphatic heterocycles. The van der Waals surface area contributed by atoms with Crippen LogP contribution in [-0.4, -0.2) is 37.6 Å². The molecule has 0 spiro atoms. The van der Waals surface area contributed by atoms with Crippen molar-refractivity contribution in [3.63, 3.8) is 0 Å². The zero-order chi connectivity index (χ0) is 17.1. The van der Waals surface area contributed by atoms with E-state index < -0.39 is 0 Å². The average molecular weight is 325 g/mol. The lowest BCUT2D eigenvalue weighted by molar-refractivity contribution is 0.0741. The molecule has 0 aromatic heterocycles. The van der Waals surface area contributed by atoms with E-state index in [2.05, 4.69) is 31.2 Å². The van der Waals surface area contributed by atoms with Crippen LogP contribution in [0.25, 0.3) is 0 Å². The summed E-state index contributed by atoms with van der Waals surface area (Å²) in [5.41, 5.74) is 1.93. The highest BCUT2D eigenvalue weighted by Crippen LogP contribution is 2.35. The van der Waals surface area contributed by atoms with E-state index in [0.29, 0.717) is 23.0 Å². The van der Waals surface area contributed by atoms with Gasteiger partial charge in [0.15, 0.2) is 11.5 Å². The van der Waals surface area contributed by atoms with E-state index in [0.717, 1.165) is 13.0 Å². The standard InChI is InChI=1S/C20H23NO3/c1-14-17(15-7-5-4-6-8-15)11-12-21(14)20(22)16-9-10-18(23-2)19(13-16)24-3/h4-10,13-14,17H,11-12H2,1-3H3. The molecule has 2 aromatic carbocycles. The van der Waals surface area contributed by atoms with Crippen molar-refractivity contribution >= 4 is 5.91 Å². The number of amides is 1. The second-order valence-electron chi connectivity index (χ2n) is 6.11. The van der Waals surface area contributed by atoms with Crippen molar-refractivity contribution in [1.29, 1.82) is 0 Å². The first-order valence-electron chi connectivity index (χ1n) is 8.23. The highest BCUT2D eigenvalue weighted by Gasteiger charge is 2.35. The molecule has 2 unspecified atom stereocenters. The fraction of sp³-hybridized carbons (Fsp3) is 0.350. The molecule has 0 aliphatic carbocycles. The Hall–Kier alpha value is -2.49. The normalized spacial score (nSPS) is 20.0. The van der Waals surface area contributed by atoms with Gasteiger partial charge in [-0.05, 0) is 37.1 Å². The van der Waals surface area contributed by atoms with Gasteiger partial charge in [0.2, 0.25) is 0 Å². The molecular formula is C20H23NO3. The molecular weight excluding hydrogens is 302 g/mol. The number of benzene rings is 2. The summed E-state index contributed by atoms with van der Waals surface area (Å²) < 4.78 is 10.6. The predicted molar refractivity (Wildman–Crippen MR) is 93.8 cm³/mol. The summed E-state index contributed by atoms with van der Waals surface area (Å²) in [5.74, 6) is 1.64. The Bertz CT molecular complexity index is 714. The SMILES string of the molecule is COc1ccc(C(=O)N2CCC(c3ccccc3)C2C)cc1OC. The monoisotopic (exact) mass is 325 g/mol. The maximum atomic E-state index is 12.9. The van der Waals surface area contributed by atoms with Crippen LogP contribution in [0.2, 0.25) is 0 Å². The lowest BCUT2D eigenvalue weighted by Gasteiger charge is -2.25. The number of hydrogen-bond acceptors (Lipinski definition) is 3. The van der Waals surface area contributed by atoms with E-state index in [1.807, 2.05) is 11.0 Å². The highest BCUT2D eigenvalue weighted by molar-refractivity contribution is 5.95. The summed E-state index contributed by atoms with van der Waals surface area (Å²) >= 11 is 0. The van der Waals surface area contributed by atoms with Crippen molar-refractivity contribution in [2.75, 3.05) is 20.8 Å². The molecule has 126 valence electrons. The highest BCUT2D eigenvalue weighted by atomic mass is 16.5. The van der Waals surface area contributed by atoms with Crippen LogP contribution in [0.15, 0.2) is 48.5 Å². The van der Waals surface area contributed by atoms with Crippen LogP contribution in [0.5, 0.6) is 11.5 Å². The number of ether oxygens (including phenoxy) is 2. The fourth-order valence-corrected chi connectivity index (χ4v) is 3.51. The van der Waals surface area contributed by atoms with E-state index >= 15 is 0 Å². The van der Waals surface area contributed by atoms with Crippen LogP contribution in [0.3, 0.4) is 0 Å². The van der Waals surface area contributed by atoms with Crippen molar-refractivity contribution in [3.8, 4) is 11.5 Å². The van der Waals surface area contributed by atoms with Gasteiger partial charge in [-0.15, -0.1) is 0 Å². The van der Waals surface area contributed by atoms with Gasteiger partial charge in [0, 0.05) is 24.1 Å². The van der Waals surface area contributed by atoms with Crippen LogP contribution >= 0.6 is 0 Å². The van der Waals surface area contributed by atoms with Gasteiger partial charge >= 0.3 is 0 Å². The first kappa shape index (κ1) is 16.4. The molecule has 24 heavy (non-hydrogen) atoms. The van der Waals surface area contributed by atoms with Gasteiger partial charge in [0.05, 0.1) is 14.2 Å². The van der Waals surface area contributed by atoms with Gasteiger partial charge in [0.25, 0.3) is 5.91 Å². The number of carbonyl (C=O) groups is 1. The summed E-state index contributed by atoms with van der Waals surface area (Å²) in [4.78, 5) is 14.9. The van der Waals surface area contributed by atoms with Gasteiger partial charge in [-0.1, -0.05) is 30.3 Å². The van der Waals surface area contributed by atoms with E-state index in [1.165, 1.54) is 5.56 Å². The molecule has 1 heterocycles. The van der Waals surface area contributed by atoms with E-state index in [4.69, 9.17) is 9.47 Å². The lowest BCUT2D eigenvalue weighted by Crippen LogP contribution is -2.35. The van der Waals surface area contributed by atoms with Crippen LogP contribution < -0.4 is 9.47 Å². The summed E-state index contributed by atoms with van der Waals surface area (Å²) in [5, 5.41) is 0. The molecule has 1 aliphatic rings. The Balaban J connectivity index is 1.81. The topological polar surface area (TPSA) is 38.8 Å². The molecule has 0 N–H and O–H groups in total. The number of nitrogens with zero attached hydrogens (tertiary/aromatic N) is 1. The summed E-state index contributed by atoms with van der Waals surface area (Å²) in [6, 6.07) is 15.9. The van der Waals surface area contributed by atoms with Crippen molar-refractivity contribution in [2.24, 2.45) is 0 Å². The minimum atomic E-state index is 0.0434. The molecule has 2 atom stereocenters. The molecule has 2 aromatic rings. The van der Waals surface area contributed by atoms with Gasteiger partial charge in [0.1, 0.15) is 0 Å². The quantitative estimate of drug-likeness (QED) is 0.860. The first-order chi connectivity index (χ1) is 11.7. The third-order valence-electron chi connectivity index (χ3n) is 4.87. The molecule has 0 saturated carbocycles. The molecule has 4 nitrogen and oxygen atoms in total. The van der Waals surface area contributed by atoms with Crippen molar-refractivity contribution in [3.05, 3.63) is 59.7 Å². The van der Waals surface area contributed by atoms with Crippen molar-refractivity contribution in [2.45, 2.75) is 25.3 Å². The van der Waals surface area contributed by atoms with E-state index in [9.17, 15) is 4.79 Å². The number of likely N-dealkylation sites (tertiary alicyclic amines) is 1. The summed E-state index contributed by atoms with van der Waals surface area (Å²) in [6.07, 6.45) is 0.990. The molecule has 3 rings (SSSR count). The molecule has 1 saturated heterocycles. The Morgan fingerprint density at radius 3 is 2.42 bits per heavy atom. The molecule has 0 radical (unpaired) electrons. The Morgan fingerprint density at radius 1 is 1.04 bits per heavy atom. The minimum Gasteiger partial charge on any atom is -0.493 e. The number of methoxy groups -OCH3 is 2. The van der Waals surface area contributed by atoms with E-state index in [1.54, 1.807) is 32.4 Å². The first-order valence-corrected chi connectivity index (χ1v) is 8.23. The summed E-state index contributed by atoms with van der Waals surface area (Å²) in [6.45, 7) is 2.90. The number of rotatable bonds is 4. The smallest absolute Gasteiger partial charge is 0.254 e. The molecule has 1 amide bonds. The number of carbonyl (C=O) groups excluding carboxylic acids is 1. The van der Waals surface area contributed by atoms with Gasteiger partial charge in [-0.3, -0.25) is 4.79 Å². The minimum absolute atomic E-state index is 0.0434. The Labute approximate surface area is 143 Å². The Kier molecular flexibility index (Phi) is 4.74. The van der Waals surface area contributed by atoms with Crippen LogP contribution in [0.1, 0.15) is 35.2 Å². The largest absolute Gasteiger partial charge is 0.493 e. The zero-order valence-corrected chi connectivity index (χ0v) is 14.4. The van der Waals surface area contributed by atoms with E-state index in [-0.39, 0.29) is 11.9 Å². The van der Waals surface area contributed by atoms with Crippen LogP contribution in [0.4, 0.5) is 0 Å². The fourth-order valence-electron chi connectivity index (χ4n) is 3.51. The lowest BCUT2D eigenvalue weighted by atomic mass is 9.93. The van der Waals surface area contributed by atoms with Gasteiger partial charge in [-0.2, -0.15) is 0 Å².